The maximum Gasteiger partial charge on any atom is 0.303 e. The Bertz CT molecular complexity index is 726. The highest BCUT2D eigenvalue weighted by atomic mass is 32.2. The molecular formula is C21H30O7S2. The van der Waals surface area contributed by atoms with Gasteiger partial charge in [0.1, 0.15) is 23.5 Å². The molecule has 168 valence electrons. The molecule has 1 aromatic rings. The molecule has 2 rings (SSSR count). The Morgan fingerprint density at radius 2 is 2.17 bits per heavy atom. The number of carbonyl (C=O) groups excluding carboxylic acids is 1. The zero-order valence-corrected chi connectivity index (χ0v) is 19.0. The lowest BCUT2D eigenvalue weighted by Gasteiger charge is -2.17. The summed E-state index contributed by atoms with van der Waals surface area (Å²) in [5, 5.41) is 29.6. The molecule has 3 unspecified atom stereocenters. The minimum atomic E-state index is -0.813. The second-order valence-electron chi connectivity index (χ2n) is 7.20. The number of aliphatic carboxylic acids is 1. The van der Waals surface area contributed by atoms with Gasteiger partial charge in [-0.25, -0.2) is 0 Å². The number of phenolic OH excluding ortho intramolecular Hbond substituents is 1. The second kappa shape index (κ2) is 12.4. The number of carboxylic acids is 1. The van der Waals surface area contributed by atoms with E-state index in [1.807, 2.05) is 6.92 Å². The van der Waals surface area contributed by atoms with Gasteiger partial charge in [0.05, 0.1) is 18.3 Å². The summed E-state index contributed by atoms with van der Waals surface area (Å²) in [6.45, 7) is 4.08. The van der Waals surface area contributed by atoms with Crippen molar-refractivity contribution >= 4 is 35.3 Å². The molecule has 0 saturated carbocycles. The lowest BCUT2D eigenvalue weighted by atomic mass is 10.0. The topological polar surface area (TPSA) is 113 Å². The maximum atomic E-state index is 11.6. The summed E-state index contributed by atoms with van der Waals surface area (Å²) in [6, 6.07) is 3.22. The van der Waals surface area contributed by atoms with Crippen molar-refractivity contribution < 1.29 is 34.4 Å². The van der Waals surface area contributed by atoms with E-state index in [2.05, 4.69) is 0 Å². The monoisotopic (exact) mass is 458 g/mol. The number of carbonyl (C=O) groups is 2. The van der Waals surface area contributed by atoms with Crippen LogP contribution < -0.4 is 4.74 Å². The Morgan fingerprint density at radius 3 is 2.83 bits per heavy atom. The summed E-state index contributed by atoms with van der Waals surface area (Å²) in [7, 11) is 0. The number of carboxylic acid groups (broad SMARTS) is 1. The number of ether oxygens (including phenoxy) is 2. The largest absolute Gasteiger partial charge is 0.507 e. The van der Waals surface area contributed by atoms with Crippen LogP contribution in [-0.2, 0) is 16.0 Å². The molecule has 3 atom stereocenters. The summed E-state index contributed by atoms with van der Waals surface area (Å²) < 4.78 is 11.3. The number of rotatable bonds is 13. The molecule has 1 fully saturated rings. The van der Waals surface area contributed by atoms with E-state index in [-0.39, 0.29) is 40.8 Å². The molecule has 0 bridgehead atoms. The Kier molecular flexibility index (Phi) is 10.3. The maximum absolute atomic E-state index is 11.6. The van der Waals surface area contributed by atoms with Crippen LogP contribution in [0.5, 0.6) is 11.5 Å². The number of aromatic hydroxyl groups is 1. The number of thioether (sulfide) groups is 2. The Morgan fingerprint density at radius 1 is 1.40 bits per heavy atom. The van der Waals surface area contributed by atoms with Crippen molar-refractivity contribution in [2.75, 3.05) is 24.7 Å². The molecule has 1 aromatic carbocycles. The average molecular weight is 459 g/mol. The van der Waals surface area contributed by atoms with Crippen molar-refractivity contribution in [2.45, 2.75) is 56.3 Å². The molecule has 30 heavy (non-hydrogen) atoms. The highest BCUT2D eigenvalue weighted by molar-refractivity contribution is 8.03. The molecule has 0 radical (unpaired) electrons. The van der Waals surface area contributed by atoms with E-state index < -0.39 is 12.1 Å². The van der Waals surface area contributed by atoms with Gasteiger partial charge in [0.2, 0.25) is 0 Å². The first-order valence-electron chi connectivity index (χ1n) is 10.0. The highest BCUT2D eigenvalue weighted by Crippen LogP contribution is 2.34. The van der Waals surface area contributed by atoms with Gasteiger partial charge >= 0.3 is 5.97 Å². The van der Waals surface area contributed by atoms with E-state index in [1.54, 1.807) is 35.7 Å². The average Bonchev–Trinajstić information content (AvgIpc) is 3.14. The van der Waals surface area contributed by atoms with Gasteiger partial charge in [-0.05, 0) is 31.9 Å². The van der Waals surface area contributed by atoms with Gasteiger partial charge in [-0.2, -0.15) is 11.8 Å². The van der Waals surface area contributed by atoms with E-state index in [1.165, 1.54) is 6.92 Å². The van der Waals surface area contributed by atoms with E-state index in [4.69, 9.17) is 14.6 Å². The third kappa shape index (κ3) is 7.68. The molecule has 7 nitrogen and oxygen atoms in total. The first kappa shape index (κ1) is 24.8. The summed E-state index contributed by atoms with van der Waals surface area (Å²) in [4.78, 5) is 22.3. The van der Waals surface area contributed by atoms with Crippen LogP contribution in [0.1, 0.15) is 49.0 Å². The number of benzene rings is 1. The molecule has 1 heterocycles. The normalized spacial score (nSPS) is 19.6. The molecule has 0 aromatic heterocycles. The van der Waals surface area contributed by atoms with Crippen LogP contribution in [0.4, 0.5) is 0 Å². The van der Waals surface area contributed by atoms with Crippen molar-refractivity contribution in [3.63, 3.8) is 0 Å². The number of hydrogen-bond acceptors (Lipinski definition) is 8. The summed E-state index contributed by atoms with van der Waals surface area (Å²) >= 11 is 3.26. The number of hydrogen-bond donors (Lipinski definition) is 3. The molecule has 0 aliphatic carbocycles. The second-order valence-corrected chi connectivity index (χ2v) is 9.74. The molecule has 0 spiro atoms. The number of ketones is 1. The molecular weight excluding hydrogens is 428 g/mol. The Balaban J connectivity index is 1.76. The van der Waals surface area contributed by atoms with Gasteiger partial charge in [0.15, 0.2) is 5.78 Å². The summed E-state index contributed by atoms with van der Waals surface area (Å²) in [5.74, 6) is 0.738. The molecule has 1 aliphatic rings. The predicted molar refractivity (Wildman–Crippen MR) is 119 cm³/mol. The zero-order chi connectivity index (χ0) is 22.1. The van der Waals surface area contributed by atoms with Crippen molar-refractivity contribution in [1.29, 1.82) is 0 Å². The zero-order valence-electron chi connectivity index (χ0n) is 17.3. The standard InChI is InChI=1S/C21H30O7S2/c1-3-4-17-18(6-5-16(13(2)22)21(17)26)27-9-14(23)11-29-12-15-10-28-20(30-15)8-7-19(24)25/h5-6,14-15,20,23,26H,3-4,7-12H2,1-2H3,(H,24,25). The first-order chi connectivity index (χ1) is 14.3. The van der Waals surface area contributed by atoms with E-state index in [0.717, 1.165) is 12.2 Å². The third-order valence-electron chi connectivity index (χ3n) is 4.57. The van der Waals surface area contributed by atoms with E-state index >= 15 is 0 Å². The fraction of sp³-hybridized carbons (Fsp3) is 0.619. The van der Waals surface area contributed by atoms with E-state index in [9.17, 15) is 19.8 Å². The van der Waals surface area contributed by atoms with E-state index in [0.29, 0.717) is 36.5 Å². The quantitative estimate of drug-likeness (QED) is 0.383. The molecule has 3 N–H and O–H groups in total. The summed E-state index contributed by atoms with van der Waals surface area (Å²) in [6.07, 6.45) is 1.31. The molecule has 9 heteroatoms. The first-order valence-corrected chi connectivity index (χ1v) is 12.1. The van der Waals surface area contributed by atoms with Crippen LogP contribution in [0, 0.1) is 0 Å². The Labute approximate surface area is 185 Å². The number of aliphatic hydroxyl groups is 1. The third-order valence-corrected chi connectivity index (χ3v) is 7.40. The van der Waals surface area contributed by atoms with Crippen LogP contribution in [0.2, 0.25) is 0 Å². The van der Waals surface area contributed by atoms with Crippen LogP contribution >= 0.6 is 23.5 Å². The fourth-order valence-electron chi connectivity index (χ4n) is 3.09. The molecule has 1 saturated heterocycles. The van der Waals surface area contributed by atoms with Crippen LogP contribution in [0.15, 0.2) is 12.1 Å². The highest BCUT2D eigenvalue weighted by Gasteiger charge is 2.26. The Hall–Kier alpha value is -1.42. The van der Waals surface area contributed by atoms with Gasteiger partial charge in [0.25, 0.3) is 0 Å². The van der Waals surface area contributed by atoms with Gasteiger partial charge in [-0.15, -0.1) is 11.8 Å². The van der Waals surface area contributed by atoms with Crippen LogP contribution in [0.3, 0.4) is 0 Å². The predicted octanol–water partition coefficient (Wildman–Crippen LogP) is 3.34. The smallest absolute Gasteiger partial charge is 0.303 e. The minimum Gasteiger partial charge on any atom is -0.507 e. The van der Waals surface area contributed by atoms with Gasteiger partial charge in [-0.1, -0.05) is 13.3 Å². The SMILES string of the molecule is CCCc1c(OCC(O)CSCC2COC(CCC(=O)O)S2)ccc(C(C)=O)c1O. The number of phenols is 1. The van der Waals surface area contributed by atoms with Crippen molar-refractivity contribution in [3.05, 3.63) is 23.3 Å². The molecule has 1 aliphatic heterocycles. The van der Waals surface area contributed by atoms with Crippen LogP contribution in [-0.4, -0.2) is 68.6 Å². The van der Waals surface area contributed by atoms with Crippen LogP contribution in [0.25, 0.3) is 0 Å². The van der Waals surface area contributed by atoms with Crippen molar-refractivity contribution in [1.82, 2.24) is 0 Å². The lowest BCUT2D eigenvalue weighted by molar-refractivity contribution is -0.137. The number of aliphatic hydroxyl groups excluding tert-OH is 1. The fourth-order valence-corrected chi connectivity index (χ4v) is 5.55. The van der Waals surface area contributed by atoms with Crippen molar-refractivity contribution in [2.24, 2.45) is 0 Å². The van der Waals surface area contributed by atoms with Gasteiger partial charge in [0, 0.05) is 28.7 Å². The lowest BCUT2D eigenvalue weighted by Crippen LogP contribution is -2.21. The minimum absolute atomic E-state index is 0.0403. The van der Waals surface area contributed by atoms with Gasteiger partial charge < -0.3 is 24.8 Å². The van der Waals surface area contributed by atoms with Crippen molar-refractivity contribution in [3.8, 4) is 11.5 Å². The van der Waals surface area contributed by atoms with Gasteiger partial charge in [-0.3, -0.25) is 9.59 Å². The molecule has 0 amide bonds. The summed E-state index contributed by atoms with van der Waals surface area (Å²) in [5.41, 5.74) is 0.805. The number of Topliss-reactive ketones (excluding diaryl/α,β-unsaturated/α-hetero) is 1.